The molecule has 0 aliphatic carbocycles. The molecule has 0 radical (unpaired) electrons. The minimum absolute atomic E-state index is 0.256. The molecule has 82 valence electrons. The smallest absolute Gasteiger partial charge is 0.205 e. The topological polar surface area (TPSA) is 38.1 Å². The maximum atomic E-state index is 10.6. The lowest BCUT2D eigenvalue weighted by Gasteiger charge is -2.30. The summed E-state index contributed by atoms with van der Waals surface area (Å²) in [6.07, 6.45) is 6.84. The maximum Gasteiger partial charge on any atom is 0.205 e. The third-order valence-corrected chi connectivity index (χ3v) is 3.05. The summed E-state index contributed by atoms with van der Waals surface area (Å²) < 4.78 is 2.14. The molecule has 0 amide bonds. The zero-order valence-corrected chi connectivity index (χ0v) is 9.09. The molecule has 0 spiro atoms. The number of hydrogen-bond donors (Lipinski definition) is 0. The van der Waals surface area contributed by atoms with Crippen molar-refractivity contribution in [2.45, 2.75) is 26.3 Å². The highest BCUT2D eigenvalue weighted by molar-refractivity contribution is 5.54. The van der Waals surface area contributed by atoms with Gasteiger partial charge in [0.25, 0.3) is 0 Å². The Morgan fingerprint density at radius 2 is 2.27 bits per heavy atom. The fourth-order valence-corrected chi connectivity index (χ4v) is 2.07. The van der Waals surface area contributed by atoms with Crippen LogP contribution in [0.3, 0.4) is 0 Å². The molecule has 1 aliphatic rings. The van der Waals surface area contributed by atoms with Gasteiger partial charge < -0.3 is 14.3 Å². The fourth-order valence-electron chi connectivity index (χ4n) is 2.07. The van der Waals surface area contributed by atoms with E-state index >= 15 is 0 Å². The monoisotopic (exact) mass is 207 g/mol. The van der Waals surface area contributed by atoms with Crippen LogP contribution in [0.25, 0.3) is 0 Å². The first-order valence-electron chi connectivity index (χ1n) is 5.56. The summed E-state index contributed by atoms with van der Waals surface area (Å²) in [6, 6.07) is 0. The quantitative estimate of drug-likeness (QED) is 0.702. The molecule has 1 saturated heterocycles. The Balaban J connectivity index is 2.04. The molecule has 4 heteroatoms. The predicted octanol–water partition coefficient (Wildman–Crippen LogP) is 1.32. The van der Waals surface area contributed by atoms with Gasteiger partial charge in [0.15, 0.2) is 0 Å². The third kappa shape index (κ3) is 2.03. The first-order chi connectivity index (χ1) is 7.35. The van der Waals surface area contributed by atoms with Gasteiger partial charge in [0.05, 0.1) is 0 Å². The SMILES string of the molecule is CCn1ccnc1N1CCC(C=O)CC1. The molecule has 1 aliphatic heterocycles. The molecule has 0 saturated carbocycles. The van der Waals surface area contributed by atoms with Crippen LogP contribution in [0.1, 0.15) is 19.8 Å². The number of piperidine rings is 1. The van der Waals surface area contributed by atoms with Crippen molar-refractivity contribution in [2.24, 2.45) is 5.92 Å². The van der Waals surface area contributed by atoms with Crippen molar-refractivity contribution >= 4 is 12.2 Å². The molecule has 0 N–H and O–H groups in total. The van der Waals surface area contributed by atoms with Gasteiger partial charge >= 0.3 is 0 Å². The van der Waals surface area contributed by atoms with Gasteiger partial charge in [0, 0.05) is 37.9 Å². The highest BCUT2D eigenvalue weighted by atomic mass is 16.1. The van der Waals surface area contributed by atoms with Crippen molar-refractivity contribution in [1.82, 2.24) is 9.55 Å². The van der Waals surface area contributed by atoms with Crippen molar-refractivity contribution in [3.8, 4) is 0 Å². The van der Waals surface area contributed by atoms with E-state index in [1.165, 1.54) is 0 Å². The van der Waals surface area contributed by atoms with E-state index in [0.717, 1.165) is 44.7 Å². The van der Waals surface area contributed by atoms with E-state index in [9.17, 15) is 4.79 Å². The Labute approximate surface area is 89.9 Å². The van der Waals surface area contributed by atoms with E-state index in [2.05, 4.69) is 21.4 Å². The minimum Gasteiger partial charge on any atom is -0.342 e. The van der Waals surface area contributed by atoms with Crippen LogP contribution in [0.4, 0.5) is 5.95 Å². The highest BCUT2D eigenvalue weighted by Gasteiger charge is 2.20. The number of aryl methyl sites for hydroxylation is 1. The van der Waals surface area contributed by atoms with E-state index in [1.54, 1.807) is 0 Å². The third-order valence-electron chi connectivity index (χ3n) is 3.05. The Morgan fingerprint density at radius 3 is 2.87 bits per heavy atom. The number of nitrogens with zero attached hydrogens (tertiary/aromatic N) is 3. The van der Waals surface area contributed by atoms with Crippen LogP contribution in [-0.2, 0) is 11.3 Å². The van der Waals surface area contributed by atoms with Crippen LogP contribution in [0, 0.1) is 5.92 Å². The highest BCUT2D eigenvalue weighted by Crippen LogP contribution is 2.20. The van der Waals surface area contributed by atoms with E-state index in [4.69, 9.17) is 0 Å². The van der Waals surface area contributed by atoms with Crippen molar-refractivity contribution < 1.29 is 4.79 Å². The van der Waals surface area contributed by atoms with Crippen LogP contribution in [0.5, 0.6) is 0 Å². The zero-order chi connectivity index (χ0) is 10.7. The van der Waals surface area contributed by atoms with Crippen LogP contribution < -0.4 is 4.90 Å². The minimum atomic E-state index is 0.256. The number of carbonyl (C=O) groups excluding carboxylic acids is 1. The molecule has 0 aromatic carbocycles. The summed E-state index contributed by atoms with van der Waals surface area (Å²) in [5, 5.41) is 0. The second-order valence-corrected chi connectivity index (χ2v) is 3.97. The lowest BCUT2D eigenvalue weighted by Crippen LogP contribution is -2.35. The number of imidazole rings is 1. The largest absolute Gasteiger partial charge is 0.342 e. The molecule has 4 nitrogen and oxygen atoms in total. The normalized spacial score (nSPS) is 18.1. The van der Waals surface area contributed by atoms with Crippen molar-refractivity contribution in [3.63, 3.8) is 0 Å². The molecule has 0 atom stereocenters. The lowest BCUT2D eigenvalue weighted by atomic mass is 9.99. The lowest BCUT2D eigenvalue weighted by molar-refractivity contribution is -0.111. The van der Waals surface area contributed by atoms with Crippen molar-refractivity contribution in [3.05, 3.63) is 12.4 Å². The van der Waals surface area contributed by atoms with Crippen LogP contribution in [-0.4, -0.2) is 28.9 Å². The Morgan fingerprint density at radius 1 is 1.53 bits per heavy atom. The molecule has 0 bridgehead atoms. The summed E-state index contributed by atoms with van der Waals surface area (Å²) in [4.78, 5) is 17.3. The van der Waals surface area contributed by atoms with E-state index < -0.39 is 0 Å². The van der Waals surface area contributed by atoms with E-state index in [-0.39, 0.29) is 5.92 Å². The number of aldehydes is 1. The first kappa shape index (κ1) is 10.2. The fraction of sp³-hybridized carbons (Fsp3) is 0.636. The molecule has 2 rings (SSSR count). The van der Waals surface area contributed by atoms with Gasteiger partial charge in [-0.2, -0.15) is 0 Å². The van der Waals surface area contributed by atoms with Crippen molar-refractivity contribution in [1.29, 1.82) is 0 Å². The molecule has 15 heavy (non-hydrogen) atoms. The van der Waals surface area contributed by atoms with Gasteiger partial charge in [-0.15, -0.1) is 0 Å². The molecule has 1 fully saturated rings. The second kappa shape index (κ2) is 4.47. The number of carbonyl (C=O) groups is 1. The summed E-state index contributed by atoms with van der Waals surface area (Å²) in [5.41, 5.74) is 0. The number of aromatic nitrogens is 2. The summed E-state index contributed by atoms with van der Waals surface area (Å²) in [5.74, 6) is 1.30. The summed E-state index contributed by atoms with van der Waals surface area (Å²) in [7, 11) is 0. The number of hydrogen-bond acceptors (Lipinski definition) is 3. The Hall–Kier alpha value is -1.32. The number of anilines is 1. The molecule has 1 aromatic rings. The average Bonchev–Trinajstić information content (AvgIpc) is 2.77. The van der Waals surface area contributed by atoms with Crippen LogP contribution in [0.15, 0.2) is 12.4 Å². The number of rotatable bonds is 3. The van der Waals surface area contributed by atoms with Gasteiger partial charge in [-0.1, -0.05) is 0 Å². The van der Waals surface area contributed by atoms with Gasteiger partial charge in [-0.05, 0) is 19.8 Å². The molecule has 0 unspecified atom stereocenters. The molecule has 2 heterocycles. The zero-order valence-electron chi connectivity index (χ0n) is 9.09. The van der Waals surface area contributed by atoms with Gasteiger partial charge in [-0.25, -0.2) is 4.98 Å². The average molecular weight is 207 g/mol. The standard InChI is InChI=1S/C11H17N3O/c1-2-13-8-5-12-11(13)14-6-3-10(9-15)4-7-14/h5,8-10H,2-4,6-7H2,1H3. The van der Waals surface area contributed by atoms with Gasteiger partial charge in [0.1, 0.15) is 6.29 Å². The van der Waals surface area contributed by atoms with E-state index in [1.807, 2.05) is 12.4 Å². The van der Waals surface area contributed by atoms with E-state index in [0.29, 0.717) is 0 Å². The molecule has 1 aromatic heterocycles. The predicted molar refractivity (Wildman–Crippen MR) is 58.9 cm³/mol. The first-order valence-corrected chi connectivity index (χ1v) is 5.56. The van der Waals surface area contributed by atoms with Gasteiger partial charge in [-0.3, -0.25) is 0 Å². The molecular weight excluding hydrogens is 190 g/mol. The van der Waals surface area contributed by atoms with Crippen LogP contribution in [0.2, 0.25) is 0 Å². The second-order valence-electron chi connectivity index (χ2n) is 3.97. The Kier molecular flexibility index (Phi) is 3.04. The van der Waals surface area contributed by atoms with Crippen LogP contribution >= 0.6 is 0 Å². The molecular formula is C11H17N3O. The maximum absolute atomic E-state index is 10.6. The summed E-state index contributed by atoms with van der Waals surface area (Å²) in [6.45, 7) is 4.95. The van der Waals surface area contributed by atoms with Gasteiger partial charge in [0.2, 0.25) is 5.95 Å². The Bertz CT molecular complexity index is 326. The van der Waals surface area contributed by atoms with Crippen molar-refractivity contribution in [2.75, 3.05) is 18.0 Å². The summed E-state index contributed by atoms with van der Waals surface area (Å²) >= 11 is 0.